The minimum Gasteiger partial charge on any atom is -0.426 e. The summed E-state index contributed by atoms with van der Waals surface area (Å²) >= 11 is 0. The number of benzene rings is 5. The average molecular weight is 1220 g/mol. The highest BCUT2D eigenvalue weighted by atomic mass is 31.2. The zero-order valence-corrected chi connectivity index (χ0v) is 59.6. The Morgan fingerprint density at radius 1 is 0.476 bits per heavy atom. The molecule has 1 atom stereocenters. The lowest BCUT2D eigenvalue weighted by Gasteiger charge is -2.32. The lowest BCUT2D eigenvalue weighted by Crippen LogP contribution is -2.40. The molecule has 0 saturated heterocycles. The second-order valence-corrected chi connectivity index (χ2v) is 43.9. The first-order valence-corrected chi connectivity index (χ1v) is 38.9. The molecule has 6 aromatic rings. The van der Waals surface area contributed by atoms with E-state index < -0.39 is 72.6 Å². The van der Waals surface area contributed by atoms with E-state index in [0.717, 1.165) is 54.9 Å². The molecule has 1 aliphatic rings. The maximum Gasteiger partial charge on any atom is 0.532 e. The van der Waals surface area contributed by atoms with Crippen molar-refractivity contribution in [3.8, 4) is 39.9 Å². The van der Waals surface area contributed by atoms with Gasteiger partial charge in [-0.15, -0.1) is 0 Å². The predicted octanol–water partition coefficient (Wildman–Crippen LogP) is 20.1. The summed E-state index contributed by atoms with van der Waals surface area (Å²) in [5, 5.41) is 3.23. The van der Waals surface area contributed by atoms with Gasteiger partial charge in [0.05, 0.1) is 27.0 Å². The molecule has 456 valence electrons. The summed E-state index contributed by atoms with van der Waals surface area (Å²) in [6, 6.07) is 20.4. The zero-order chi connectivity index (χ0) is 63.3. The van der Waals surface area contributed by atoms with E-state index in [1.54, 1.807) is 0 Å². The van der Waals surface area contributed by atoms with Gasteiger partial charge >= 0.3 is 34.8 Å². The second kappa shape index (κ2) is 22.8. The van der Waals surface area contributed by atoms with Gasteiger partial charge in [-0.25, -0.2) is 4.79 Å². The van der Waals surface area contributed by atoms with Gasteiger partial charge in [-0.3, -0.25) is 9.59 Å². The molecule has 15 heteroatoms. The van der Waals surface area contributed by atoms with E-state index in [9.17, 15) is 14.4 Å². The van der Waals surface area contributed by atoms with Gasteiger partial charge in [-0.2, -0.15) is 0 Å². The van der Waals surface area contributed by atoms with Crippen LogP contribution in [-0.2, 0) is 35.8 Å². The number of carbonyl (C=O) groups is 3. The summed E-state index contributed by atoms with van der Waals surface area (Å²) in [5.74, 6) is 1.26. The summed E-state index contributed by atoms with van der Waals surface area (Å²) in [7, 11) is -9.56. The van der Waals surface area contributed by atoms with Crippen molar-refractivity contribution in [2.24, 2.45) is 10.8 Å². The molecule has 11 nitrogen and oxygen atoms in total. The second-order valence-electron chi connectivity index (χ2n) is 31.9. The van der Waals surface area contributed by atoms with Crippen molar-refractivity contribution in [1.29, 1.82) is 0 Å². The third-order valence-corrected chi connectivity index (χ3v) is 21.1. The standard InChI is InChI=1S/C69H96O11P2Si2/c1-39(2)41-29-46(40(3)4)56-51(30-41)61(70)80-82(75-56)79-60-48(32-43(65(8,9)10)34-55(60)84(26,27)28)47-31-42(64(5,6)7)33-54(83(23,24)25)59(47)78-81-76-57-49(35-44(37-52(57)66(11,12)13)73-62(71)68(17,18)19)50-36-45(74-63(72)69(20,21)22)38-53(58(50)77-81)67(14,15)16/h29-40H,1-28H3. The molecule has 7 rings (SSSR count). The summed E-state index contributed by atoms with van der Waals surface area (Å²) in [5.41, 5.74) is 5.09. The molecule has 1 aliphatic heterocycles. The normalized spacial score (nSPS) is 14.8. The predicted molar refractivity (Wildman–Crippen MR) is 353 cm³/mol. The van der Waals surface area contributed by atoms with Gasteiger partial charge in [-0.05, 0) is 150 Å². The number of rotatable bonds is 11. The summed E-state index contributed by atoms with van der Waals surface area (Å²) in [6.45, 7) is 59.1. The maximum atomic E-state index is 14.4. The molecular weight excluding hydrogens is 1120 g/mol. The van der Waals surface area contributed by atoms with Gasteiger partial charge in [0.2, 0.25) is 0 Å². The van der Waals surface area contributed by atoms with Crippen molar-refractivity contribution in [3.05, 3.63) is 99.6 Å². The largest absolute Gasteiger partial charge is 0.532 e. The van der Waals surface area contributed by atoms with Crippen molar-refractivity contribution in [1.82, 2.24) is 0 Å². The van der Waals surface area contributed by atoms with Crippen molar-refractivity contribution < 1.29 is 50.3 Å². The van der Waals surface area contributed by atoms with Crippen LogP contribution in [0.2, 0.25) is 39.3 Å². The van der Waals surface area contributed by atoms with Crippen LogP contribution in [0.25, 0.3) is 33.1 Å². The van der Waals surface area contributed by atoms with E-state index in [0.29, 0.717) is 56.2 Å². The lowest BCUT2D eigenvalue weighted by molar-refractivity contribution is -0.143. The number of hydrogen-bond acceptors (Lipinski definition) is 11. The highest BCUT2D eigenvalue weighted by molar-refractivity contribution is 7.43. The highest BCUT2D eigenvalue weighted by Gasteiger charge is 2.40. The average Bonchev–Trinajstić information content (AvgIpc) is 1.34. The minimum atomic E-state index is -2.44. The van der Waals surface area contributed by atoms with E-state index in [2.05, 4.69) is 180 Å². The molecule has 0 amide bonds. The molecular formula is C69H96O11P2Si2. The van der Waals surface area contributed by atoms with Crippen LogP contribution >= 0.6 is 16.8 Å². The summed E-state index contributed by atoms with van der Waals surface area (Å²) < 4.78 is 55.5. The fraction of sp³-hybridized carbons (Fsp3) is 0.522. The third-order valence-electron chi connectivity index (χ3n) is 15.1. The van der Waals surface area contributed by atoms with Crippen LogP contribution in [0.15, 0.2) is 69.1 Å². The highest BCUT2D eigenvalue weighted by Crippen LogP contribution is 2.55. The first-order chi connectivity index (χ1) is 38.0. The molecule has 0 radical (unpaired) electrons. The van der Waals surface area contributed by atoms with Crippen LogP contribution in [0.1, 0.15) is 208 Å². The number of ether oxygens (including phenoxy) is 2. The van der Waals surface area contributed by atoms with Crippen molar-refractivity contribution in [2.45, 2.75) is 225 Å². The SMILES string of the molecule is CC(C)c1cc2c(c(C(C)C)c1)OP(Oc1c(-c3cc(C(C)(C)C)cc([Si](C)(C)C)c3Op3oc4c(C(C)(C)C)cc(OC(=O)C(C)(C)C)cc4c4cc(OC(=O)C(C)(C)C)cc(C(C)(C)C)c4o3)cc(C(C)(C)C)cc1[Si](C)(C)C)OC2=O. The first kappa shape index (κ1) is 66.2. The van der Waals surface area contributed by atoms with Crippen LogP contribution in [-0.4, -0.2) is 34.1 Å². The van der Waals surface area contributed by atoms with E-state index in [-0.39, 0.29) is 22.7 Å². The molecule has 0 aliphatic carbocycles. The Kier molecular flexibility index (Phi) is 17.9. The monoisotopic (exact) mass is 1220 g/mol. The molecule has 0 fully saturated rings. The molecule has 5 aromatic carbocycles. The molecule has 84 heavy (non-hydrogen) atoms. The Morgan fingerprint density at radius 3 is 1.23 bits per heavy atom. The minimum absolute atomic E-state index is 0.0496. The van der Waals surface area contributed by atoms with Gasteiger partial charge < -0.3 is 36.0 Å². The van der Waals surface area contributed by atoms with E-state index in [1.807, 2.05) is 71.9 Å². The van der Waals surface area contributed by atoms with Gasteiger partial charge in [0.1, 0.15) is 45.5 Å². The van der Waals surface area contributed by atoms with E-state index >= 15 is 0 Å². The quantitative estimate of drug-likeness (QED) is 0.0531. The Morgan fingerprint density at radius 2 is 0.881 bits per heavy atom. The Labute approximate surface area is 506 Å². The zero-order valence-electron chi connectivity index (χ0n) is 55.8. The van der Waals surface area contributed by atoms with Crippen LogP contribution in [0.4, 0.5) is 0 Å². The number of hydrogen-bond donors (Lipinski definition) is 0. The van der Waals surface area contributed by atoms with Crippen molar-refractivity contribution >= 4 is 83.2 Å². The van der Waals surface area contributed by atoms with Gasteiger partial charge in [0.25, 0.3) is 0 Å². The molecule has 1 aromatic heterocycles. The number of esters is 2. The molecule has 0 spiro atoms. The Hall–Kier alpha value is -5.33. The number of fused-ring (bicyclic) bond motifs is 4. The molecule has 2 heterocycles. The molecule has 1 unspecified atom stereocenters. The van der Waals surface area contributed by atoms with Crippen LogP contribution in [0.3, 0.4) is 0 Å². The summed E-state index contributed by atoms with van der Waals surface area (Å²) in [4.78, 5) is 41.9. The maximum absolute atomic E-state index is 14.4. The van der Waals surface area contributed by atoms with Gasteiger partial charge in [0, 0.05) is 33.0 Å². The third kappa shape index (κ3) is 14.4. The van der Waals surface area contributed by atoms with E-state index in [1.165, 1.54) is 0 Å². The smallest absolute Gasteiger partial charge is 0.426 e. The Bertz CT molecular complexity index is 3500. The Balaban J connectivity index is 1.66. The van der Waals surface area contributed by atoms with Crippen molar-refractivity contribution in [2.75, 3.05) is 0 Å². The lowest BCUT2D eigenvalue weighted by atomic mass is 9.83. The van der Waals surface area contributed by atoms with Crippen LogP contribution in [0, 0.1) is 10.8 Å². The van der Waals surface area contributed by atoms with Crippen LogP contribution < -0.4 is 33.4 Å². The van der Waals surface area contributed by atoms with E-state index in [4.69, 9.17) is 36.0 Å². The molecule has 0 N–H and O–H groups in total. The van der Waals surface area contributed by atoms with Gasteiger partial charge in [-0.1, -0.05) is 168 Å². The topological polar surface area (TPSA) is 133 Å². The fourth-order valence-electron chi connectivity index (χ4n) is 9.68. The van der Waals surface area contributed by atoms with Gasteiger partial charge in [0.15, 0.2) is 0 Å². The van der Waals surface area contributed by atoms with Crippen LogP contribution in [0.5, 0.6) is 28.7 Å². The number of carbonyl (C=O) groups excluding carboxylic acids is 3. The first-order valence-electron chi connectivity index (χ1n) is 29.7. The summed E-state index contributed by atoms with van der Waals surface area (Å²) in [6.07, 6.45) is 0. The molecule has 0 bridgehead atoms. The molecule has 0 saturated carbocycles. The fourth-order valence-corrected chi connectivity index (χ4v) is 15.0. The van der Waals surface area contributed by atoms with Crippen molar-refractivity contribution in [3.63, 3.8) is 0 Å².